The van der Waals surface area contributed by atoms with Gasteiger partial charge in [-0.05, 0) is 43.9 Å². The molecule has 0 N–H and O–H groups in total. The molecule has 2 atom stereocenters. The molecule has 2 saturated carbocycles. The van der Waals surface area contributed by atoms with Crippen LogP contribution < -0.4 is 0 Å². The number of carbonyl (C=O) groups excluding carboxylic acids is 1. The third kappa shape index (κ3) is 1.11. The van der Waals surface area contributed by atoms with Gasteiger partial charge in [0.05, 0.1) is 0 Å². The van der Waals surface area contributed by atoms with Crippen LogP contribution in [0.4, 0.5) is 0 Å². The standard InChI is InChI=1S/C13H20O/c1-9-7-13(10(2)14)6-5-11(8-13)12(9,3)4/h11H,1,5-8H2,2-4H3. The minimum absolute atomic E-state index is 0.0166. The Hall–Kier alpha value is -0.590. The van der Waals surface area contributed by atoms with Crippen LogP contribution in [0.25, 0.3) is 0 Å². The fourth-order valence-electron chi connectivity index (χ4n) is 3.27. The first kappa shape index (κ1) is 9.95. The van der Waals surface area contributed by atoms with Crippen LogP contribution in [0.15, 0.2) is 12.2 Å². The Bertz CT molecular complexity index is 300. The van der Waals surface area contributed by atoms with Gasteiger partial charge in [0.15, 0.2) is 0 Å². The Morgan fingerprint density at radius 3 is 2.71 bits per heavy atom. The van der Waals surface area contributed by atoms with Crippen molar-refractivity contribution in [1.29, 1.82) is 0 Å². The van der Waals surface area contributed by atoms with Crippen molar-refractivity contribution in [2.45, 2.75) is 46.5 Å². The molecule has 2 fully saturated rings. The van der Waals surface area contributed by atoms with Crippen molar-refractivity contribution in [2.75, 3.05) is 0 Å². The average molecular weight is 192 g/mol. The molecule has 2 rings (SSSR count). The highest BCUT2D eigenvalue weighted by Gasteiger charge is 2.53. The fraction of sp³-hybridized carbons (Fsp3) is 0.769. The number of ketones is 1. The Morgan fingerprint density at radius 2 is 2.14 bits per heavy atom. The van der Waals surface area contributed by atoms with Crippen LogP contribution in [0.1, 0.15) is 46.5 Å². The average Bonchev–Trinajstić information content (AvgIpc) is 2.46. The zero-order valence-electron chi connectivity index (χ0n) is 9.52. The van der Waals surface area contributed by atoms with Gasteiger partial charge in [-0.2, -0.15) is 0 Å². The Kier molecular flexibility index (Phi) is 1.93. The molecule has 14 heavy (non-hydrogen) atoms. The van der Waals surface area contributed by atoms with Crippen molar-refractivity contribution in [1.82, 2.24) is 0 Å². The van der Waals surface area contributed by atoms with E-state index >= 15 is 0 Å². The van der Waals surface area contributed by atoms with E-state index in [4.69, 9.17) is 0 Å². The zero-order chi connectivity index (χ0) is 10.6. The molecule has 2 bridgehead atoms. The first-order valence-corrected chi connectivity index (χ1v) is 5.58. The molecule has 2 unspecified atom stereocenters. The Labute approximate surface area is 86.6 Å². The summed E-state index contributed by atoms with van der Waals surface area (Å²) in [7, 11) is 0. The molecule has 0 saturated heterocycles. The monoisotopic (exact) mass is 192 g/mol. The first-order chi connectivity index (χ1) is 6.38. The number of allylic oxidation sites excluding steroid dienone is 1. The molecule has 1 nitrogen and oxygen atoms in total. The van der Waals surface area contributed by atoms with Gasteiger partial charge in [0.25, 0.3) is 0 Å². The zero-order valence-corrected chi connectivity index (χ0v) is 9.52. The summed E-state index contributed by atoms with van der Waals surface area (Å²) in [5.41, 5.74) is 1.54. The summed E-state index contributed by atoms with van der Waals surface area (Å²) in [4.78, 5) is 11.7. The van der Waals surface area contributed by atoms with Gasteiger partial charge in [-0.3, -0.25) is 4.79 Å². The predicted octanol–water partition coefficient (Wildman–Crippen LogP) is 3.35. The maximum Gasteiger partial charge on any atom is 0.136 e. The van der Waals surface area contributed by atoms with E-state index in [-0.39, 0.29) is 10.8 Å². The molecule has 0 aromatic heterocycles. The normalized spacial score (nSPS) is 39.9. The molecular weight excluding hydrogens is 172 g/mol. The molecule has 78 valence electrons. The van der Waals surface area contributed by atoms with E-state index in [2.05, 4.69) is 20.4 Å². The molecule has 1 heteroatoms. The van der Waals surface area contributed by atoms with Crippen LogP contribution in [0.5, 0.6) is 0 Å². The van der Waals surface area contributed by atoms with Crippen molar-refractivity contribution >= 4 is 5.78 Å². The smallest absolute Gasteiger partial charge is 0.136 e. The van der Waals surface area contributed by atoms with E-state index < -0.39 is 0 Å². The van der Waals surface area contributed by atoms with Gasteiger partial charge in [0.1, 0.15) is 5.78 Å². The highest BCUT2D eigenvalue weighted by molar-refractivity contribution is 5.83. The molecule has 0 aromatic rings. The van der Waals surface area contributed by atoms with Crippen LogP contribution >= 0.6 is 0 Å². The second kappa shape index (κ2) is 2.71. The first-order valence-electron chi connectivity index (χ1n) is 5.58. The number of Topliss-reactive ketones (excluding diaryl/α,β-unsaturated/α-hetero) is 1. The highest BCUT2D eigenvalue weighted by Crippen LogP contribution is 2.60. The van der Waals surface area contributed by atoms with Gasteiger partial charge in [-0.1, -0.05) is 26.0 Å². The lowest BCUT2D eigenvalue weighted by molar-refractivity contribution is -0.127. The van der Waals surface area contributed by atoms with Crippen LogP contribution in [-0.2, 0) is 4.79 Å². The van der Waals surface area contributed by atoms with Crippen LogP contribution in [0.3, 0.4) is 0 Å². The maximum atomic E-state index is 11.7. The molecule has 0 heterocycles. The molecule has 0 aliphatic heterocycles. The van der Waals surface area contributed by atoms with E-state index in [0.29, 0.717) is 11.7 Å². The second-order valence-corrected chi connectivity index (χ2v) is 5.78. The second-order valence-electron chi connectivity index (χ2n) is 5.78. The van der Waals surface area contributed by atoms with E-state index in [1.165, 1.54) is 12.0 Å². The Balaban J connectivity index is 2.34. The number of carbonyl (C=O) groups is 1. The van der Waals surface area contributed by atoms with Crippen molar-refractivity contribution in [2.24, 2.45) is 16.7 Å². The van der Waals surface area contributed by atoms with E-state index in [0.717, 1.165) is 19.3 Å². The quantitative estimate of drug-likeness (QED) is 0.582. The molecular formula is C13H20O. The van der Waals surface area contributed by atoms with Gasteiger partial charge in [-0.25, -0.2) is 0 Å². The lowest BCUT2D eigenvalue weighted by Gasteiger charge is -2.43. The van der Waals surface area contributed by atoms with Crippen LogP contribution in [0, 0.1) is 16.7 Å². The molecule has 0 aromatic carbocycles. The third-order valence-electron chi connectivity index (χ3n) is 4.84. The molecule has 0 amide bonds. The fourth-order valence-corrected chi connectivity index (χ4v) is 3.27. The lowest BCUT2D eigenvalue weighted by Crippen LogP contribution is -2.37. The molecule has 2 aliphatic carbocycles. The largest absolute Gasteiger partial charge is 0.299 e. The van der Waals surface area contributed by atoms with Gasteiger partial charge in [0, 0.05) is 5.41 Å². The number of hydrogen-bond acceptors (Lipinski definition) is 1. The minimum Gasteiger partial charge on any atom is -0.299 e. The number of fused-ring (bicyclic) bond motifs is 2. The molecule has 0 radical (unpaired) electrons. The van der Waals surface area contributed by atoms with E-state index in [1.807, 2.05) is 0 Å². The van der Waals surface area contributed by atoms with Gasteiger partial charge < -0.3 is 0 Å². The van der Waals surface area contributed by atoms with Gasteiger partial charge in [0.2, 0.25) is 0 Å². The minimum atomic E-state index is -0.0166. The highest BCUT2D eigenvalue weighted by atomic mass is 16.1. The van der Waals surface area contributed by atoms with Crippen molar-refractivity contribution < 1.29 is 4.79 Å². The van der Waals surface area contributed by atoms with Crippen molar-refractivity contribution in [3.8, 4) is 0 Å². The summed E-state index contributed by atoms with van der Waals surface area (Å²) in [5, 5.41) is 0. The van der Waals surface area contributed by atoms with Crippen molar-refractivity contribution in [3.63, 3.8) is 0 Å². The van der Waals surface area contributed by atoms with Gasteiger partial charge in [-0.15, -0.1) is 0 Å². The van der Waals surface area contributed by atoms with E-state index in [1.54, 1.807) is 6.92 Å². The summed E-state index contributed by atoms with van der Waals surface area (Å²) in [5.74, 6) is 1.07. The van der Waals surface area contributed by atoms with Gasteiger partial charge >= 0.3 is 0 Å². The number of hydrogen-bond donors (Lipinski definition) is 0. The van der Waals surface area contributed by atoms with Crippen LogP contribution in [-0.4, -0.2) is 5.78 Å². The number of rotatable bonds is 1. The molecule has 0 spiro atoms. The van der Waals surface area contributed by atoms with Crippen LogP contribution in [0.2, 0.25) is 0 Å². The topological polar surface area (TPSA) is 17.1 Å². The summed E-state index contributed by atoms with van der Waals surface area (Å²) >= 11 is 0. The summed E-state index contributed by atoms with van der Waals surface area (Å²) < 4.78 is 0. The molecule has 2 aliphatic rings. The maximum absolute atomic E-state index is 11.7. The summed E-state index contributed by atoms with van der Waals surface area (Å²) in [6.45, 7) is 10.5. The Morgan fingerprint density at radius 1 is 1.50 bits per heavy atom. The predicted molar refractivity (Wildman–Crippen MR) is 58.0 cm³/mol. The third-order valence-corrected chi connectivity index (χ3v) is 4.84. The SMILES string of the molecule is C=C1CC2(C(C)=O)CCC(C2)C1(C)C. The summed E-state index contributed by atoms with van der Waals surface area (Å²) in [6.07, 6.45) is 4.35. The van der Waals surface area contributed by atoms with Crippen molar-refractivity contribution in [3.05, 3.63) is 12.2 Å². The lowest BCUT2D eigenvalue weighted by atomic mass is 9.61. The van der Waals surface area contributed by atoms with E-state index in [9.17, 15) is 4.79 Å². The summed E-state index contributed by atoms with van der Waals surface area (Å²) in [6, 6.07) is 0.